The van der Waals surface area contributed by atoms with E-state index in [1.165, 1.54) is 12.1 Å². The summed E-state index contributed by atoms with van der Waals surface area (Å²) in [5.41, 5.74) is 0.264. The Kier molecular flexibility index (Phi) is 6.34. The molecule has 0 radical (unpaired) electrons. The van der Waals surface area contributed by atoms with Gasteiger partial charge in [-0.2, -0.15) is 0 Å². The summed E-state index contributed by atoms with van der Waals surface area (Å²) in [6, 6.07) is 5.40. The van der Waals surface area contributed by atoms with Gasteiger partial charge in [-0.15, -0.1) is 0 Å². The first kappa shape index (κ1) is 17.9. The Hall–Kier alpha value is -2.11. The summed E-state index contributed by atoms with van der Waals surface area (Å²) in [4.78, 5) is 23.2. The van der Waals surface area contributed by atoms with E-state index < -0.39 is 30.4 Å². The van der Waals surface area contributed by atoms with Crippen LogP contribution in [0.4, 0.5) is 9.18 Å². The highest BCUT2D eigenvalue weighted by Crippen LogP contribution is 2.16. The number of carbonyl (C=O) groups excluding carboxylic acids is 2. The number of alkyl halides is 1. The Morgan fingerprint density at radius 1 is 1.23 bits per heavy atom. The zero-order chi connectivity index (χ0) is 16.8. The monoisotopic (exact) mass is 311 g/mol. The number of carbonyl (C=O) groups is 2. The van der Waals surface area contributed by atoms with Crippen molar-refractivity contribution < 1.29 is 23.5 Å². The first-order valence-corrected chi connectivity index (χ1v) is 7.09. The summed E-state index contributed by atoms with van der Waals surface area (Å²) in [5.74, 6) is -0.439. The molecule has 0 saturated heterocycles. The zero-order valence-electron chi connectivity index (χ0n) is 13.3. The van der Waals surface area contributed by atoms with E-state index in [1.54, 1.807) is 39.8 Å². The maximum Gasteiger partial charge on any atom is 0.408 e. The van der Waals surface area contributed by atoms with Crippen molar-refractivity contribution in [1.82, 2.24) is 5.32 Å². The molecule has 1 aromatic carbocycles. The lowest BCUT2D eigenvalue weighted by Crippen LogP contribution is -2.35. The lowest BCUT2D eigenvalue weighted by Gasteiger charge is -2.22. The maximum atomic E-state index is 13.2. The van der Waals surface area contributed by atoms with Gasteiger partial charge >= 0.3 is 12.1 Å². The quantitative estimate of drug-likeness (QED) is 0.846. The van der Waals surface area contributed by atoms with Crippen LogP contribution in [0.3, 0.4) is 0 Å². The molecule has 0 spiro atoms. The minimum Gasteiger partial charge on any atom is -0.462 e. The molecular weight excluding hydrogens is 289 g/mol. The van der Waals surface area contributed by atoms with Crippen LogP contribution in [-0.2, 0) is 9.47 Å². The second kappa shape index (κ2) is 7.77. The van der Waals surface area contributed by atoms with Crippen LogP contribution in [0, 0.1) is 0 Å². The molecule has 0 saturated carbocycles. The Morgan fingerprint density at radius 2 is 1.82 bits per heavy atom. The van der Waals surface area contributed by atoms with Gasteiger partial charge in [0.05, 0.1) is 18.2 Å². The van der Waals surface area contributed by atoms with Gasteiger partial charge in [-0.25, -0.2) is 14.0 Å². The van der Waals surface area contributed by atoms with Crippen LogP contribution in [0.5, 0.6) is 0 Å². The van der Waals surface area contributed by atoms with E-state index in [2.05, 4.69) is 5.32 Å². The number of ether oxygens (including phenoxy) is 2. The number of hydrogen-bond donors (Lipinski definition) is 1. The Balaban J connectivity index is 2.75. The first-order valence-electron chi connectivity index (χ1n) is 7.09. The summed E-state index contributed by atoms with van der Waals surface area (Å²) in [6.45, 7) is 6.41. The van der Waals surface area contributed by atoms with Crippen molar-refractivity contribution >= 4 is 12.1 Å². The molecule has 0 fully saturated rings. The Bertz CT molecular complexity index is 508. The van der Waals surface area contributed by atoms with Crippen molar-refractivity contribution in [3.8, 4) is 0 Å². The molecule has 6 heteroatoms. The standard InChI is InChI=1S/C16H22FNO4/c1-5-21-14(19)12-8-6-11(7-9-12)13(10-17)18-15(20)22-16(2,3)4/h6-9,13H,5,10H2,1-4H3,(H,18,20). The third-order valence-corrected chi connectivity index (χ3v) is 2.67. The summed E-state index contributed by atoms with van der Waals surface area (Å²) in [7, 11) is 0. The van der Waals surface area contributed by atoms with Crippen LogP contribution in [0.2, 0.25) is 0 Å². The predicted molar refractivity (Wildman–Crippen MR) is 80.5 cm³/mol. The minimum absolute atomic E-state index is 0.286. The van der Waals surface area contributed by atoms with Gasteiger partial charge in [0.25, 0.3) is 0 Å². The van der Waals surface area contributed by atoms with Crippen molar-refractivity contribution in [3.05, 3.63) is 35.4 Å². The van der Waals surface area contributed by atoms with E-state index in [9.17, 15) is 14.0 Å². The van der Waals surface area contributed by atoms with Gasteiger partial charge in [0.2, 0.25) is 0 Å². The molecule has 5 nitrogen and oxygen atoms in total. The first-order chi connectivity index (χ1) is 10.3. The molecule has 122 valence electrons. The Morgan fingerprint density at radius 3 is 2.27 bits per heavy atom. The molecule has 1 amide bonds. The molecule has 0 aliphatic rings. The highest BCUT2D eigenvalue weighted by atomic mass is 19.1. The fourth-order valence-corrected chi connectivity index (χ4v) is 1.73. The highest BCUT2D eigenvalue weighted by molar-refractivity contribution is 5.89. The van der Waals surface area contributed by atoms with E-state index >= 15 is 0 Å². The van der Waals surface area contributed by atoms with E-state index in [4.69, 9.17) is 9.47 Å². The van der Waals surface area contributed by atoms with Crippen molar-refractivity contribution in [2.75, 3.05) is 13.3 Å². The van der Waals surface area contributed by atoms with E-state index in [0.717, 1.165) is 0 Å². The number of esters is 1. The normalized spacial score (nSPS) is 12.4. The van der Waals surface area contributed by atoms with Crippen LogP contribution < -0.4 is 5.32 Å². The van der Waals surface area contributed by atoms with E-state index in [1.807, 2.05) is 0 Å². The number of benzene rings is 1. The van der Waals surface area contributed by atoms with Crippen LogP contribution in [-0.4, -0.2) is 30.9 Å². The number of alkyl carbamates (subject to hydrolysis) is 1. The molecule has 0 aliphatic heterocycles. The smallest absolute Gasteiger partial charge is 0.408 e. The molecular formula is C16H22FNO4. The summed E-state index contributed by atoms with van der Waals surface area (Å²) < 4.78 is 23.1. The molecule has 0 bridgehead atoms. The summed E-state index contributed by atoms with van der Waals surface area (Å²) in [6.07, 6.45) is -0.690. The van der Waals surface area contributed by atoms with Crippen molar-refractivity contribution in [2.45, 2.75) is 39.3 Å². The number of hydrogen-bond acceptors (Lipinski definition) is 4. The SMILES string of the molecule is CCOC(=O)c1ccc(C(CF)NC(=O)OC(C)(C)C)cc1. The van der Waals surface area contributed by atoms with Gasteiger partial charge in [-0.05, 0) is 45.4 Å². The molecule has 0 aromatic heterocycles. The fourth-order valence-electron chi connectivity index (χ4n) is 1.73. The fraction of sp³-hybridized carbons (Fsp3) is 0.500. The third-order valence-electron chi connectivity index (χ3n) is 2.67. The second-order valence-electron chi connectivity index (χ2n) is 5.70. The van der Waals surface area contributed by atoms with Crippen LogP contribution in [0.25, 0.3) is 0 Å². The van der Waals surface area contributed by atoms with Crippen molar-refractivity contribution in [3.63, 3.8) is 0 Å². The highest BCUT2D eigenvalue weighted by Gasteiger charge is 2.20. The average molecular weight is 311 g/mol. The lowest BCUT2D eigenvalue weighted by atomic mass is 10.1. The predicted octanol–water partition coefficient (Wildman–Crippen LogP) is 3.40. The second-order valence-corrected chi connectivity index (χ2v) is 5.70. The number of rotatable bonds is 5. The molecule has 1 N–H and O–H groups in total. The zero-order valence-corrected chi connectivity index (χ0v) is 13.3. The van der Waals surface area contributed by atoms with Gasteiger partial charge in [-0.3, -0.25) is 0 Å². The van der Waals surface area contributed by atoms with Gasteiger partial charge in [0, 0.05) is 0 Å². The average Bonchev–Trinajstić information content (AvgIpc) is 2.43. The third kappa shape index (κ3) is 5.71. The van der Waals surface area contributed by atoms with E-state index in [0.29, 0.717) is 11.1 Å². The minimum atomic E-state index is -0.828. The Labute approximate surface area is 129 Å². The maximum absolute atomic E-state index is 13.2. The van der Waals surface area contributed by atoms with Crippen LogP contribution in [0.1, 0.15) is 49.7 Å². The largest absolute Gasteiger partial charge is 0.462 e. The van der Waals surface area contributed by atoms with Crippen LogP contribution >= 0.6 is 0 Å². The van der Waals surface area contributed by atoms with Gasteiger partial charge in [-0.1, -0.05) is 12.1 Å². The summed E-state index contributed by atoms with van der Waals surface area (Å²) in [5, 5.41) is 2.46. The molecule has 0 heterocycles. The lowest BCUT2D eigenvalue weighted by molar-refractivity contribution is 0.0491. The topological polar surface area (TPSA) is 64.6 Å². The van der Waals surface area contributed by atoms with Gasteiger partial charge in [0.15, 0.2) is 0 Å². The van der Waals surface area contributed by atoms with E-state index in [-0.39, 0.29) is 6.61 Å². The molecule has 22 heavy (non-hydrogen) atoms. The number of nitrogens with one attached hydrogen (secondary N) is 1. The van der Waals surface area contributed by atoms with Crippen molar-refractivity contribution in [2.24, 2.45) is 0 Å². The molecule has 1 aromatic rings. The van der Waals surface area contributed by atoms with Crippen LogP contribution in [0.15, 0.2) is 24.3 Å². The van der Waals surface area contributed by atoms with Gasteiger partial charge < -0.3 is 14.8 Å². The molecule has 1 atom stereocenters. The molecule has 0 aliphatic carbocycles. The number of amides is 1. The molecule has 1 unspecified atom stereocenters. The molecule has 1 rings (SSSR count). The summed E-state index contributed by atoms with van der Waals surface area (Å²) >= 11 is 0. The number of halogens is 1. The van der Waals surface area contributed by atoms with Gasteiger partial charge in [0.1, 0.15) is 12.3 Å². The van der Waals surface area contributed by atoms with Crippen molar-refractivity contribution in [1.29, 1.82) is 0 Å².